The van der Waals surface area contributed by atoms with Crippen molar-refractivity contribution in [3.63, 3.8) is 0 Å². The van der Waals surface area contributed by atoms with Gasteiger partial charge in [-0.05, 0) is 30.3 Å². The summed E-state index contributed by atoms with van der Waals surface area (Å²) in [5, 5.41) is 3.67. The molecule has 0 aliphatic rings. The highest BCUT2D eigenvalue weighted by Crippen LogP contribution is 2.30. The number of nitrogen functional groups attached to an aromatic ring is 1. The van der Waals surface area contributed by atoms with Gasteiger partial charge in [0, 0.05) is 11.8 Å². The molecule has 0 fully saturated rings. The minimum Gasteiger partial charge on any atom is -0.495 e. The maximum atomic E-state index is 11.4. The molecular weight excluding hydrogens is 292 g/mol. The highest BCUT2D eigenvalue weighted by Gasteiger charge is 2.09. The van der Waals surface area contributed by atoms with E-state index in [-0.39, 0.29) is 0 Å². The van der Waals surface area contributed by atoms with Gasteiger partial charge in [0.1, 0.15) is 5.75 Å². The molecule has 2 aromatic rings. The van der Waals surface area contributed by atoms with Crippen molar-refractivity contribution in [3.05, 3.63) is 47.0 Å². The zero-order valence-corrected chi connectivity index (χ0v) is 12.4. The summed E-state index contributed by atoms with van der Waals surface area (Å²) in [5.41, 5.74) is 8.21. The lowest BCUT2D eigenvalue weighted by Crippen LogP contribution is -2.04. The Kier molecular flexibility index (Phi) is 4.55. The number of nitrogens with two attached hydrogens (primary N) is 1. The normalized spacial score (nSPS) is 10.0. The summed E-state index contributed by atoms with van der Waals surface area (Å²) in [4.78, 5) is 11.4. The van der Waals surface area contributed by atoms with E-state index in [0.717, 1.165) is 5.69 Å². The Bertz CT molecular complexity index is 674. The summed E-state index contributed by atoms with van der Waals surface area (Å²) in [6, 6.07) is 10.2. The molecule has 21 heavy (non-hydrogen) atoms. The monoisotopic (exact) mass is 306 g/mol. The predicted molar refractivity (Wildman–Crippen MR) is 83.5 cm³/mol. The summed E-state index contributed by atoms with van der Waals surface area (Å²) in [7, 11) is 2.87. The van der Waals surface area contributed by atoms with Crippen molar-refractivity contribution in [2.45, 2.75) is 0 Å². The largest absolute Gasteiger partial charge is 0.495 e. The van der Waals surface area contributed by atoms with Gasteiger partial charge in [0.05, 0.1) is 36.2 Å². The summed E-state index contributed by atoms with van der Waals surface area (Å²) < 4.78 is 9.80. The SMILES string of the molecule is COC(=O)c1ccc(Nc2ccc(Cl)c(OC)c2)c(N)c1. The minimum absolute atomic E-state index is 0.397. The topological polar surface area (TPSA) is 73.6 Å². The molecule has 110 valence electrons. The van der Waals surface area contributed by atoms with E-state index in [2.05, 4.69) is 10.1 Å². The third-order valence-electron chi connectivity index (χ3n) is 2.90. The number of anilines is 3. The Morgan fingerprint density at radius 2 is 1.95 bits per heavy atom. The van der Waals surface area contributed by atoms with Crippen molar-refractivity contribution in [1.29, 1.82) is 0 Å². The van der Waals surface area contributed by atoms with E-state index >= 15 is 0 Å². The van der Waals surface area contributed by atoms with Crippen molar-refractivity contribution in [2.75, 3.05) is 25.3 Å². The van der Waals surface area contributed by atoms with Crippen molar-refractivity contribution in [2.24, 2.45) is 0 Å². The van der Waals surface area contributed by atoms with E-state index < -0.39 is 5.97 Å². The average molecular weight is 307 g/mol. The van der Waals surface area contributed by atoms with Gasteiger partial charge < -0.3 is 20.5 Å². The fourth-order valence-electron chi connectivity index (χ4n) is 1.81. The van der Waals surface area contributed by atoms with Crippen LogP contribution < -0.4 is 15.8 Å². The number of rotatable bonds is 4. The van der Waals surface area contributed by atoms with Crippen LogP contribution in [-0.4, -0.2) is 20.2 Å². The highest BCUT2D eigenvalue weighted by atomic mass is 35.5. The highest BCUT2D eigenvalue weighted by molar-refractivity contribution is 6.32. The number of ether oxygens (including phenoxy) is 2. The van der Waals surface area contributed by atoms with Gasteiger partial charge in [-0.3, -0.25) is 0 Å². The molecule has 2 aromatic carbocycles. The van der Waals surface area contributed by atoms with Crippen molar-refractivity contribution in [3.8, 4) is 5.75 Å². The first-order chi connectivity index (χ1) is 10.0. The number of benzene rings is 2. The average Bonchev–Trinajstić information content (AvgIpc) is 2.50. The second-order valence-corrected chi connectivity index (χ2v) is 4.68. The molecule has 0 atom stereocenters. The van der Waals surface area contributed by atoms with Crippen LogP contribution in [0.4, 0.5) is 17.1 Å². The summed E-state index contributed by atoms with van der Waals surface area (Å²) in [5.74, 6) is 0.132. The number of nitrogens with one attached hydrogen (secondary N) is 1. The fourth-order valence-corrected chi connectivity index (χ4v) is 2.01. The molecule has 0 unspecified atom stereocenters. The van der Waals surface area contributed by atoms with Crippen molar-refractivity contribution < 1.29 is 14.3 Å². The Morgan fingerprint density at radius 1 is 1.19 bits per heavy atom. The third-order valence-corrected chi connectivity index (χ3v) is 3.22. The molecule has 0 saturated carbocycles. The Labute approximate surface area is 127 Å². The first-order valence-electron chi connectivity index (χ1n) is 6.13. The van der Waals surface area contributed by atoms with E-state index in [1.165, 1.54) is 7.11 Å². The number of esters is 1. The van der Waals surface area contributed by atoms with Crippen LogP contribution >= 0.6 is 11.6 Å². The summed E-state index contributed by atoms with van der Waals surface area (Å²) in [6.07, 6.45) is 0. The van der Waals surface area contributed by atoms with Gasteiger partial charge in [0.15, 0.2) is 0 Å². The Hall–Kier alpha value is -2.40. The van der Waals surface area contributed by atoms with E-state index in [1.54, 1.807) is 43.5 Å². The lowest BCUT2D eigenvalue weighted by molar-refractivity contribution is 0.0601. The zero-order valence-electron chi connectivity index (χ0n) is 11.6. The van der Waals surface area contributed by atoms with Crippen LogP contribution in [0.1, 0.15) is 10.4 Å². The van der Waals surface area contributed by atoms with Crippen LogP contribution in [0.25, 0.3) is 0 Å². The van der Waals surface area contributed by atoms with Gasteiger partial charge >= 0.3 is 5.97 Å². The molecule has 6 heteroatoms. The molecule has 0 bridgehead atoms. The molecule has 0 aromatic heterocycles. The second-order valence-electron chi connectivity index (χ2n) is 4.27. The minimum atomic E-state index is -0.429. The van der Waals surface area contributed by atoms with Gasteiger partial charge in [0.2, 0.25) is 0 Å². The van der Waals surface area contributed by atoms with Gasteiger partial charge in [-0.2, -0.15) is 0 Å². The molecule has 0 heterocycles. The smallest absolute Gasteiger partial charge is 0.337 e. The van der Waals surface area contributed by atoms with E-state index in [9.17, 15) is 4.79 Å². The number of carbonyl (C=O) groups excluding carboxylic acids is 1. The number of hydrogen-bond donors (Lipinski definition) is 2. The molecular formula is C15H15ClN2O3. The molecule has 0 spiro atoms. The van der Waals surface area contributed by atoms with Gasteiger partial charge in [-0.15, -0.1) is 0 Å². The quantitative estimate of drug-likeness (QED) is 0.668. The fraction of sp³-hybridized carbons (Fsp3) is 0.133. The predicted octanol–water partition coefficient (Wildman–Crippen LogP) is 3.46. The molecule has 0 aliphatic heterocycles. The van der Waals surface area contributed by atoms with E-state index in [1.807, 2.05) is 0 Å². The first-order valence-corrected chi connectivity index (χ1v) is 6.51. The molecule has 0 saturated heterocycles. The number of methoxy groups -OCH3 is 2. The second kappa shape index (κ2) is 6.37. The van der Waals surface area contributed by atoms with E-state index in [0.29, 0.717) is 27.7 Å². The molecule has 0 amide bonds. The van der Waals surface area contributed by atoms with Gasteiger partial charge in [-0.1, -0.05) is 11.6 Å². The molecule has 3 N–H and O–H groups in total. The maximum Gasteiger partial charge on any atom is 0.337 e. The molecule has 0 aliphatic carbocycles. The van der Waals surface area contributed by atoms with Crippen LogP contribution in [0.3, 0.4) is 0 Å². The van der Waals surface area contributed by atoms with Gasteiger partial charge in [0.25, 0.3) is 0 Å². The third kappa shape index (κ3) is 3.38. The molecule has 2 rings (SSSR count). The Balaban J connectivity index is 2.26. The van der Waals surface area contributed by atoms with Gasteiger partial charge in [-0.25, -0.2) is 4.79 Å². The van der Waals surface area contributed by atoms with Crippen LogP contribution in [0.5, 0.6) is 5.75 Å². The number of halogens is 1. The Morgan fingerprint density at radius 3 is 2.57 bits per heavy atom. The maximum absolute atomic E-state index is 11.4. The lowest BCUT2D eigenvalue weighted by atomic mass is 10.1. The van der Waals surface area contributed by atoms with E-state index in [4.69, 9.17) is 22.1 Å². The standard InChI is InChI=1S/C15H15ClN2O3/c1-20-14-8-10(4-5-11(14)16)18-13-6-3-9(7-12(13)17)15(19)21-2/h3-8,18H,17H2,1-2H3. The summed E-state index contributed by atoms with van der Waals surface area (Å²) >= 11 is 5.97. The zero-order chi connectivity index (χ0) is 15.4. The molecule has 0 radical (unpaired) electrons. The number of hydrogen-bond acceptors (Lipinski definition) is 5. The number of carbonyl (C=O) groups is 1. The lowest BCUT2D eigenvalue weighted by Gasteiger charge is -2.12. The van der Waals surface area contributed by atoms with Crippen LogP contribution in [0, 0.1) is 0 Å². The first kappa shape index (κ1) is 15.0. The molecule has 5 nitrogen and oxygen atoms in total. The van der Waals surface area contributed by atoms with Crippen LogP contribution in [-0.2, 0) is 4.74 Å². The van der Waals surface area contributed by atoms with Crippen molar-refractivity contribution in [1.82, 2.24) is 0 Å². The van der Waals surface area contributed by atoms with Crippen LogP contribution in [0.15, 0.2) is 36.4 Å². The summed E-state index contributed by atoms with van der Waals surface area (Å²) in [6.45, 7) is 0. The van der Waals surface area contributed by atoms with Crippen LogP contribution in [0.2, 0.25) is 5.02 Å². The van der Waals surface area contributed by atoms with Crippen molar-refractivity contribution >= 4 is 34.6 Å².